The standard InChI is InChI=1S/C15H20F2N2/c1-11(2)13(9-18)10-19(3)7-6-12-8-14(16)4-5-15(12)17/h4-5,8,11,13H,6-7,10H2,1-3H3. The Bertz CT molecular complexity index is 452. The first-order valence-electron chi connectivity index (χ1n) is 6.46. The molecule has 104 valence electrons. The number of hydrogen-bond acceptors (Lipinski definition) is 2. The maximum absolute atomic E-state index is 13.4. The summed E-state index contributed by atoms with van der Waals surface area (Å²) in [5, 5.41) is 9.02. The Morgan fingerprint density at radius 1 is 1.32 bits per heavy atom. The molecule has 4 heteroatoms. The summed E-state index contributed by atoms with van der Waals surface area (Å²) in [5.41, 5.74) is 0.380. The summed E-state index contributed by atoms with van der Waals surface area (Å²) in [6.45, 7) is 5.26. The van der Waals surface area contributed by atoms with E-state index in [0.717, 1.165) is 12.1 Å². The number of rotatable bonds is 6. The van der Waals surface area contributed by atoms with E-state index in [4.69, 9.17) is 5.26 Å². The van der Waals surface area contributed by atoms with Crippen molar-refractivity contribution in [2.45, 2.75) is 20.3 Å². The van der Waals surface area contributed by atoms with Gasteiger partial charge in [0.05, 0.1) is 12.0 Å². The Balaban J connectivity index is 2.52. The van der Waals surface area contributed by atoms with Gasteiger partial charge in [-0.15, -0.1) is 0 Å². The minimum Gasteiger partial charge on any atom is -0.305 e. The number of likely N-dealkylation sites (N-methyl/N-ethyl adjacent to an activating group) is 1. The molecule has 0 spiro atoms. The Kier molecular flexibility index (Phi) is 5.91. The van der Waals surface area contributed by atoms with Crippen LogP contribution < -0.4 is 0 Å². The van der Waals surface area contributed by atoms with Crippen LogP contribution in [0, 0.1) is 34.8 Å². The van der Waals surface area contributed by atoms with Gasteiger partial charge in [-0.1, -0.05) is 13.8 Å². The second-order valence-electron chi connectivity index (χ2n) is 5.23. The SMILES string of the molecule is CC(C)C(C#N)CN(C)CCc1cc(F)ccc1F. The second kappa shape index (κ2) is 7.20. The molecule has 0 aromatic heterocycles. The molecular weight excluding hydrogens is 246 g/mol. The lowest BCUT2D eigenvalue weighted by Crippen LogP contribution is -2.29. The number of nitriles is 1. The van der Waals surface area contributed by atoms with Gasteiger partial charge in [-0.25, -0.2) is 8.78 Å². The van der Waals surface area contributed by atoms with Gasteiger partial charge in [0, 0.05) is 13.1 Å². The van der Waals surface area contributed by atoms with Gasteiger partial charge in [0.15, 0.2) is 0 Å². The van der Waals surface area contributed by atoms with E-state index in [1.54, 1.807) is 0 Å². The predicted molar refractivity (Wildman–Crippen MR) is 71.5 cm³/mol. The molecule has 0 bridgehead atoms. The molecule has 1 atom stereocenters. The van der Waals surface area contributed by atoms with Gasteiger partial charge in [-0.05, 0) is 43.1 Å². The molecule has 0 radical (unpaired) electrons. The molecule has 1 aromatic rings. The van der Waals surface area contributed by atoms with Crippen LogP contribution in [0.2, 0.25) is 0 Å². The summed E-state index contributed by atoms with van der Waals surface area (Å²) >= 11 is 0. The van der Waals surface area contributed by atoms with Crippen molar-refractivity contribution in [2.24, 2.45) is 11.8 Å². The Morgan fingerprint density at radius 3 is 2.58 bits per heavy atom. The van der Waals surface area contributed by atoms with Crippen LogP contribution in [0.4, 0.5) is 8.78 Å². The van der Waals surface area contributed by atoms with Crippen molar-refractivity contribution in [3.63, 3.8) is 0 Å². The van der Waals surface area contributed by atoms with Gasteiger partial charge in [-0.2, -0.15) is 5.26 Å². The molecule has 0 aliphatic heterocycles. The predicted octanol–water partition coefficient (Wildman–Crippen LogP) is 3.23. The van der Waals surface area contributed by atoms with Crippen molar-refractivity contribution >= 4 is 0 Å². The first-order valence-corrected chi connectivity index (χ1v) is 6.46. The molecule has 0 N–H and O–H groups in total. The summed E-state index contributed by atoms with van der Waals surface area (Å²) in [6, 6.07) is 5.77. The Labute approximate surface area is 113 Å². The molecule has 0 aliphatic carbocycles. The normalized spacial score (nSPS) is 12.7. The van der Waals surface area contributed by atoms with Crippen LogP contribution in [0.25, 0.3) is 0 Å². The zero-order valence-corrected chi connectivity index (χ0v) is 11.7. The van der Waals surface area contributed by atoms with E-state index < -0.39 is 5.82 Å². The third-order valence-corrected chi connectivity index (χ3v) is 3.25. The van der Waals surface area contributed by atoms with Gasteiger partial charge in [-0.3, -0.25) is 0 Å². The summed E-state index contributed by atoms with van der Waals surface area (Å²) < 4.78 is 26.5. The molecule has 1 aromatic carbocycles. The van der Waals surface area contributed by atoms with E-state index in [1.165, 1.54) is 6.07 Å². The molecule has 1 unspecified atom stereocenters. The van der Waals surface area contributed by atoms with E-state index in [1.807, 2.05) is 25.8 Å². The molecule has 0 saturated carbocycles. The number of benzene rings is 1. The van der Waals surface area contributed by atoms with Gasteiger partial charge in [0.25, 0.3) is 0 Å². The maximum Gasteiger partial charge on any atom is 0.126 e. The lowest BCUT2D eigenvalue weighted by atomic mass is 9.97. The fourth-order valence-electron chi connectivity index (χ4n) is 1.87. The van der Waals surface area contributed by atoms with E-state index >= 15 is 0 Å². The lowest BCUT2D eigenvalue weighted by molar-refractivity contribution is 0.274. The van der Waals surface area contributed by atoms with Crippen molar-refractivity contribution in [3.8, 4) is 6.07 Å². The van der Waals surface area contributed by atoms with Crippen molar-refractivity contribution < 1.29 is 8.78 Å². The fraction of sp³-hybridized carbons (Fsp3) is 0.533. The zero-order chi connectivity index (χ0) is 14.4. The van der Waals surface area contributed by atoms with Crippen LogP contribution in [0.15, 0.2) is 18.2 Å². The highest BCUT2D eigenvalue weighted by atomic mass is 19.1. The van der Waals surface area contributed by atoms with Gasteiger partial charge in [0.2, 0.25) is 0 Å². The van der Waals surface area contributed by atoms with Crippen molar-refractivity contribution in [1.82, 2.24) is 4.90 Å². The molecule has 0 fully saturated rings. The van der Waals surface area contributed by atoms with Crippen LogP contribution in [0.3, 0.4) is 0 Å². The lowest BCUT2D eigenvalue weighted by Gasteiger charge is -2.22. The van der Waals surface area contributed by atoms with Crippen LogP contribution in [0.5, 0.6) is 0 Å². The van der Waals surface area contributed by atoms with E-state index in [-0.39, 0.29) is 11.7 Å². The van der Waals surface area contributed by atoms with Crippen molar-refractivity contribution in [2.75, 3.05) is 20.1 Å². The van der Waals surface area contributed by atoms with Crippen LogP contribution in [-0.4, -0.2) is 25.0 Å². The van der Waals surface area contributed by atoms with Gasteiger partial charge >= 0.3 is 0 Å². The molecule has 0 saturated heterocycles. The molecule has 0 aliphatic rings. The summed E-state index contributed by atoms with van der Waals surface area (Å²) in [7, 11) is 1.89. The smallest absolute Gasteiger partial charge is 0.126 e. The van der Waals surface area contributed by atoms with Crippen LogP contribution in [0.1, 0.15) is 19.4 Å². The molecule has 1 rings (SSSR count). The molecule has 0 heterocycles. The first kappa shape index (κ1) is 15.6. The molecule has 0 amide bonds. The average Bonchev–Trinajstić information content (AvgIpc) is 2.36. The fourth-order valence-corrected chi connectivity index (χ4v) is 1.87. The Hall–Kier alpha value is -1.47. The maximum atomic E-state index is 13.4. The molecular formula is C15H20F2N2. The summed E-state index contributed by atoms with van der Waals surface area (Å²) in [4.78, 5) is 1.98. The van der Waals surface area contributed by atoms with E-state index in [9.17, 15) is 8.78 Å². The minimum absolute atomic E-state index is 0.0395. The van der Waals surface area contributed by atoms with Crippen molar-refractivity contribution in [1.29, 1.82) is 5.26 Å². The van der Waals surface area contributed by atoms with Crippen LogP contribution >= 0.6 is 0 Å². The average molecular weight is 266 g/mol. The Morgan fingerprint density at radius 2 is 2.00 bits per heavy atom. The number of hydrogen-bond donors (Lipinski definition) is 0. The highest BCUT2D eigenvalue weighted by molar-refractivity contribution is 5.19. The summed E-state index contributed by atoms with van der Waals surface area (Å²) in [6.07, 6.45) is 0.441. The highest BCUT2D eigenvalue weighted by Gasteiger charge is 2.15. The molecule has 2 nitrogen and oxygen atoms in total. The van der Waals surface area contributed by atoms with Crippen LogP contribution in [-0.2, 0) is 6.42 Å². The third-order valence-electron chi connectivity index (χ3n) is 3.25. The first-order chi connectivity index (χ1) is 8.93. The topological polar surface area (TPSA) is 27.0 Å². The molecule has 19 heavy (non-hydrogen) atoms. The minimum atomic E-state index is -0.420. The van der Waals surface area contributed by atoms with Gasteiger partial charge in [0.1, 0.15) is 11.6 Å². The van der Waals surface area contributed by atoms with Crippen molar-refractivity contribution in [3.05, 3.63) is 35.4 Å². The van der Waals surface area contributed by atoms with Gasteiger partial charge < -0.3 is 4.90 Å². The third kappa shape index (κ3) is 4.96. The quantitative estimate of drug-likeness (QED) is 0.790. The van der Waals surface area contributed by atoms with E-state index in [2.05, 4.69) is 6.07 Å². The van der Waals surface area contributed by atoms with E-state index in [0.29, 0.717) is 31.0 Å². The number of nitrogens with zero attached hydrogens (tertiary/aromatic N) is 2. The largest absolute Gasteiger partial charge is 0.305 e. The zero-order valence-electron chi connectivity index (χ0n) is 11.7. The number of halogens is 2. The second-order valence-corrected chi connectivity index (χ2v) is 5.23. The monoisotopic (exact) mass is 266 g/mol. The summed E-state index contributed by atoms with van der Waals surface area (Å²) in [5.74, 6) is -0.549. The highest BCUT2D eigenvalue weighted by Crippen LogP contribution is 2.13.